The molecule has 0 rings (SSSR count). The molecule has 64 heavy (non-hydrogen) atoms. The Morgan fingerprint density at radius 1 is 0.297 bits per heavy atom. The Bertz CT molecular complexity index is 812. The van der Waals surface area contributed by atoms with Crippen LogP contribution in [0.15, 0.2) is 0 Å². The molecule has 0 aliphatic heterocycles. The first-order chi connectivity index (χ1) is 31.4. The van der Waals surface area contributed by atoms with Crippen LogP contribution in [0.4, 0.5) is 0 Å². The third-order valence-corrected chi connectivity index (χ3v) is 12.9. The molecular weight excluding hydrogens is 787 g/mol. The third kappa shape index (κ3) is 61.0. The van der Waals surface area contributed by atoms with Gasteiger partial charge >= 0.3 is 0 Å². The molecule has 0 aromatic carbocycles. The molecule has 7 nitrogen and oxygen atoms in total. The highest BCUT2D eigenvalue weighted by atomic mass is 16.1. The third-order valence-electron chi connectivity index (χ3n) is 12.9. The van der Waals surface area contributed by atoms with Crippen molar-refractivity contribution in [1.29, 1.82) is 0 Å². The van der Waals surface area contributed by atoms with Crippen LogP contribution in [0.3, 0.4) is 0 Å². The molecule has 1 N–H and O–H groups in total. The standard InChI is InChI=1S/C35H75N3.C20H41NO.C2H5NO/c1-6-9-12-15-18-21-26-31-37(30-25-20-17-14-11-8-3)34-35-38(33-28-23-24-29-36(4)5)32-27-22-19-16-13-10-7-2;1-3-5-7-9-11-13-15-17-21(19-20-22)18-16-14-12-10-8-6-4-2;1-3-2-4/h6-35H2,1-5H3;20H,3-19H2,1-2H3;2H,1H3,(H,3,4). The summed E-state index contributed by atoms with van der Waals surface area (Å²) < 4.78 is 0. The van der Waals surface area contributed by atoms with E-state index in [0.29, 0.717) is 13.0 Å². The van der Waals surface area contributed by atoms with Gasteiger partial charge in [0, 0.05) is 20.1 Å². The number of amides is 1. The SMILES string of the molecule is CCCCCCCCCN(CC=O)CCCCCCCCC.CCCCCCCCCN(CCCCCCCC)CCN(CCCCCCCCC)CCCCCN(C)C.CNC=O. The van der Waals surface area contributed by atoms with E-state index in [1.54, 1.807) is 7.05 Å². The van der Waals surface area contributed by atoms with Crippen molar-refractivity contribution < 1.29 is 9.59 Å². The Kier molecular flexibility index (Phi) is 65.1. The molecule has 0 radical (unpaired) electrons. The number of hydrogen-bond donors (Lipinski definition) is 1. The van der Waals surface area contributed by atoms with Gasteiger partial charge in [-0.15, -0.1) is 0 Å². The van der Waals surface area contributed by atoms with Crippen molar-refractivity contribution in [3.8, 4) is 0 Å². The molecule has 0 heterocycles. The first kappa shape index (κ1) is 67.3. The lowest BCUT2D eigenvalue weighted by atomic mass is 10.1. The van der Waals surface area contributed by atoms with Gasteiger partial charge in [-0.1, -0.05) is 227 Å². The summed E-state index contributed by atoms with van der Waals surface area (Å²) in [5.41, 5.74) is 0. The summed E-state index contributed by atoms with van der Waals surface area (Å²) in [6.45, 7) is 23.5. The zero-order valence-corrected chi connectivity index (χ0v) is 45.5. The Morgan fingerprint density at radius 2 is 0.500 bits per heavy atom. The number of carbonyl (C=O) groups excluding carboxylic acids is 2. The number of rotatable bonds is 51. The number of nitrogens with one attached hydrogen (secondary N) is 1. The van der Waals surface area contributed by atoms with Gasteiger partial charge in [0.15, 0.2) is 0 Å². The van der Waals surface area contributed by atoms with Crippen molar-refractivity contribution in [3.63, 3.8) is 0 Å². The van der Waals surface area contributed by atoms with Crippen LogP contribution in [0.25, 0.3) is 0 Å². The molecule has 0 saturated heterocycles. The number of hydrogen-bond acceptors (Lipinski definition) is 6. The zero-order chi connectivity index (χ0) is 47.7. The van der Waals surface area contributed by atoms with Crippen LogP contribution in [-0.4, -0.2) is 119 Å². The summed E-state index contributed by atoms with van der Waals surface area (Å²) in [6.07, 6.45) is 53.1. The second-order valence-electron chi connectivity index (χ2n) is 19.7. The molecule has 0 aromatic rings. The van der Waals surface area contributed by atoms with Crippen LogP contribution in [0, 0.1) is 0 Å². The second-order valence-corrected chi connectivity index (χ2v) is 19.7. The average Bonchev–Trinajstić information content (AvgIpc) is 3.30. The van der Waals surface area contributed by atoms with Crippen molar-refractivity contribution in [3.05, 3.63) is 0 Å². The maximum atomic E-state index is 10.8. The molecule has 0 aliphatic rings. The molecule has 0 fully saturated rings. The van der Waals surface area contributed by atoms with Crippen LogP contribution < -0.4 is 5.32 Å². The minimum absolute atomic E-state index is 0.625. The van der Waals surface area contributed by atoms with E-state index >= 15 is 0 Å². The first-order valence-corrected chi connectivity index (χ1v) is 28.8. The topological polar surface area (TPSA) is 59.1 Å². The van der Waals surface area contributed by atoms with Gasteiger partial charge in [0.2, 0.25) is 6.41 Å². The van der Waals surface area contributed by atoms with E-state index in [4.69, 9.17) is 4.79 Å². The predicted molar refractivity (Wildman–Crippen MR) is 288 cm³/mol. The van der Waals surface area contributed by atoms with Gasteiger partial charge in [-0.2, -0.15) is 0 Å². The van der Waals surface area contributed by atoms with Crippen LogP contribution in [-0.2, 0) is 9.59 Å². The zero-order valence-electron chi connectivity index (χ0n) is 45.5. The Hall–Kier alpha value is -1.02. The van der Waals surface area contributed by atoms with Gasteiger partial charge in [0.25, 0.3) is 0 Å². The molecule has 0 saturated carbocycles. The van der Waals surface area contributed by atoms with E-state index in [1.165, 1.54) is 283 Å². The summed E-state index contributed by atoms with van der Waals surface area (Å²) >= 11 is 0. The normalized spacial score (nSPS) is 11.3. The summed E-state index contributed by atoms with van der Waals surface area (Å²) in [5, 5.41) is 2.25. The van der Waals surface area contributed by atoms with Crippen LogP contribution in [0.2, 0.25) is 0 Å². The molecule has 7 heteroatoms. The fraction of sp³-hybridized carbons (Fsp3) is 0.965. The van der Waals surface area contributed by atoms with Crippen molar-refractivity contribution >= 4 is 12.7 Å². The summed E-state index contributed by atoms with van der Waals surface area (Å²) in [4.78, 5) is 30.2. The first-order valence-electron chi connectivity index (χ1n) is 28.8. The maximum absolute atomic E-state index is 10.8. The summed E-state index contributed by atoms with van der Waals surface area (Å²) in [7, 11) is 5.97. The van der Waals surface area contributed by atoms with Crippen molar-refractivity contribution in [2.75, 3.05) is 86.6 Å². The molecule has 0 bridgehead atoms. The smallest absolute Gasteiger partial charge is 0.206 e. The van der Waals surface area contributed by atoms with E-state index in [-0.39, 0.29) is 0 Å². The maximum Gasteiger partial charge on any atom is 0.206 e. The number of nitrogens with zero attached hydrogens (tertiary/aromatic N) is 4. The van der Waals surface area contributed by atoms with Crippen LogP contribution in [0.5, 0.6) is 0 Å². The highest BCUT2D eigenvalue weighted by Crippen LogP contribution is 2.13. The monoisotopic (exact) mass is 908 g/mol. The predicted octanol–water partition coefficient (Wildman–Crippen LogP) is 15.5. The lowest BCUT2D eigenvalue weighted by Gasteiger charge is -2.28. The number of carbonyl (C=O) groups is 2. The fourth-order valence-electron chi connectivity index (χ4n) is 8.58. The van der Waals surface area contributed by atoms with E-state index in [9.17, 15) is 4.79 Å². The molecule has 386 valence electrons. The quantitative estimate of drug-likeness (QED) is 0.0485. The summed E-state index contributed by atoms with van der Waals surface area (Å²) in [5.74, 6) is 0. The Labute approximate surface area is 404 Å². The van der Waals surface area contributed by atoms with Crippen molar-refractivity contribution in [1.82, 2.24) is 24.9 Å². The lowest BCUT2D eigenvalue weighted by Crippen LogP contribution is -2.37. The van der Waals surface area contributed by atoms with E-state index in [0.717, 1.165) is 19.4 Å². The highest BCUT2D eigenvalue weighted by molar-refractivity contribution is 5.51. The van der Waals surface area contributed by atoms with Gasteiger partial charge in [0.05, 0.1) is 6.54 Å². The van der Waals surface area contributed by atoms with Gasteiger partial charge in [-0.25, -0.2) is 0 Å². The molecule has 1 amide bonds. The molecular formula is C57H121N5O2. The van der Waals surface area contributed by atoms with Crippen molar-refractivity contribution in [2.45, 2.75) is 272 Å². The van der Waals surface area contributed by atoms with Gasteiger partial charge in [0.1, 0.15) is 6.29 Å². The van der Waals surface area contributed by atoms with Crippen LogP contribution >= 0.6 is 0 Å². The van der Waals surface area contributed by atoms with Gasteiger partial charge in [-0.3, -0.25) is 9.69 Å². The highest BCUT2D eigenvalue weighted by Gasteiger charge is 2.11. The van der Waals surface area contributed by atoms with Gasteiger partial charge < -0.3 is 24.8 Å². The van der Waals surface area contributed by atoms with Crippen LogP contribution in [0.1, 0.15) is 272 Å². The number of aldehydes is 1. The molecule has 0 atom stereocenters. The van der Waals surface area contributed by atoms with E-state index in [2.05, 4.69) is 73.6 Å². The fourth-order valence-corrected chi connectivity index (χ4v) is 8.58. The minimum atomic E-state index is 0.625. The Morgan fingerprint density at radius 3 is 0.719 bits per heavy atom. The number of unbranched alkanes of at least 4 members (excludes halogenated alkanes) is 31. The second kappa shape index (κ2) is 62.0. The summed E-state index contributed by atoms with van der Waals surface area (Å²) in [6, 6.07) is 0. The largest absolute Gasteiger partial charge is 0.362 e. The van der Waals surface area contributed by atoms with Crippen molar-refractivity contribution in [2.24, 2.45) is 0 Å². The molecule has 0 aliphatic carbocycles. The van der Waals surface area contributed by atoms with E-state index < -0.39 is 0 Å². The minimum Gasteiger partial charge on any atom is -0.362 e. The molecule has 0 aromatic heterocycles. The lowest BCUT2D eigenvalue weighted by molar-refractivity contribution is -0.109. The molecule has 0 spiro atoms. The Balaban J connectivity index is -0.00000120. The average molecular weight is 909 g/mol. The van der Waals surface area contributed by atoms with Gasteiger partial charge in [-0.05, 0) is 105 Å². The van der Waals surface area contributed by atoms with E-state index in [1.807, 2.05) is 0 Å². The molecule has 0 unspecified atom stereocenters.